The number of carboxylic acid groups (broad SMARTS) is 1. The molecule has 0 bridgehead atoms. The average Bonchev–Trinajstić information content (AvgIpc) is 2.70. The van der Waals surface area contributed by atoms with Crippen LogP contribution in [-0.2, 0) is 16.1 Å². The molecule has 1 saturated heterocycles. The van der Waals surface area contributed by atoms with Crippen LogP contribution in [0.15, 0.2) is 24.3 Å². The van der Waals surface area contributed by atoms with E-state index in [1.54, 1.807) is 12.1 Å². The van der Waals surface area contributed by atoms with E-state index in [4.69, 9.17) is 21.4 Å². The molecule has 2 unspecified atom stereocenters. The zero-order chi connectivity index (χ0) is 13.1. The van der Waals surface area contributed by atoms with Gasteiger partial charge in [0.25, 0.3) is 0 Å². The molecule has 5 nitrogen and oxygen atoms in total. The summed E-state index contributed by atoms with van der Waals surface area (Å²) in [6.45, 7) is 0.638. The van der Waals surface area contributed by atoms with Crippen LogP contribution in [0, 0.1) is 0 Å². The fourth-order valence-corrected chi connectivity index (χ4v) is 2.00. The number of rotatable bonds is 4. The number of aliphatic hydroxyl groups is 1. The summed E-state index contributed by atoms with van der Waals surface area (Å²) in [6.07, 6.45) is -1.54. The summed E-state index contributed by atoms with van der Waals surface area (Å²) in [5.41, 5.74) is 0.922. The summed E-state index contributed by atoms with van der Waals surface area (Å²) in [7, 11) is 0. The normalized spacial score (nSPS) is 27.3. The minimum absolute atomic E-state index is 0.312. The fourth-order valence-electron chi connectivity index (χ4n) is 1.87. The Morgan fingerprint density at radius 3 is 2.67 bits per heavy atom. The number of hydrogen-bond donors (Lipinski definition) is 3. The molecule has 0 saturated carbocycles. The van der Waals surface area contributed by atoms with Crippen LogP contribution >= 0.6 is 11.6 Å². The van der Waals surface area contributed by atoms with Crippen LogP contribution in [0.1, 0.15) is 5.56 Å². The van der Waals surface area contributed by atoms with Crippen molar-refractivity contribution in [3.63, 3.8) is 0 Å². The molecule has 18 heavy (non-hydrogen) atoms. The lowest BCUT2D eigenvalue weighted by atomic mass is 10.1. The maximum atomic E-state index is 10.8. The van der Waals surface area contributed by atoms with Gasteiger partial charge in [-0.15, -0.1) is 0 Å². The van der Waals surface area contributed by atoms with Crippen molar-refractivity contribution in [1.29, 1.82) is 0 Å². The Morgan fingerprint density at radius 2 is 2.11 bits per heavy atom. The zero-order valence-corrected chi connectivity index (χ0v) is 10.3. The highest BCUT2D eigenvalue weighted by molar-refractivity contribution is 6.30. The molecule has 0 spiro atoms. The number of carbonyl (C=O) groups is 1. The van der Waals surface area contributed by atoms with Gasteiger partial charge < -0.3 is 14.9 Å². The predicted molar refractivity (Wildman–Crippen MR) is 65.5 cm³/mol. The summed E-state index contributed by atoms with van der Waals surface area (Å²) in [5.74, 6) is -1.07. The van der Waals surface area contributed by atoms with Crippen LogP contribution in [0.25, 0.3) is 0 Å². The van der Waals surface area contributed by atoms with Gasteiger partial charge in [0.05, 0.1) is 12.7 Å². The highest BCUT2D eigenvalue weighted by atomic mass is 35.5. The maximum Gasteiger partial charge on any atom is 0.323 e. The fraction of sp³-hybridized carbons (Fsp3) is 0.417. The molecule has 1 heterocycles. The van der Waals surface area contributed by atoms with Gasteiger partial charge in [0, 0.05) is 11.6 Å². The minimum Gasteiger partial charge on any atom is -0.480 e. The largest absolute Gasteiger partial charge is 0.480 e. The second kappa shape index (κ2) is 5.67. The monoisotopic (exact) mass is 271 g/mol. The third-order valence-corrected chi connectivity index (χ3v) is 3.16. The number of aliphatic hydroxyl groups excluding tert-OH is 1. The molecule has 3 atom stereocenters. The standard InChI is InChI=1S/C12H14ClNO4/c13-8-3-1-7(2-4-8)6-18-9-5-14-10(11(9)15)12(16)17/h1-4,9-11,14-15H,5-6H2,(H,16,17)/t9?,10-,11?/m0/s1. The van der Waals surface area contributed by atoms with Crippen LogP contribution < -0.4 is 5.32 Å². The second-order valence-corrected chi connectivity index (χ2v) is 4.63. The van der Waals surface area contributed by atoms with Crippen LogP contribution in [0.5, 0.6) is 0 Å². The SMILES string of the molecule is O=C(O)[C@H]1NCC(OCc2ccc(Cl)cc2)C1O. The smallest absolute Gasteiger partial charge is 0.323 e. The average molecular weight is 272 g/mol. The van der Waals surface area contributed by atoms with Crippen molar-refractivity contribution in [1.82, 2.24) is 5.32 Å². The Morgan fingerprint density at radius 1 is 1.44 bits per heavy atom. The number of carboxylic acids is 1. The van der Waals surface area contributed by atoms with E-state index in [9.17, 15) is 9.90 Å². The summed E-state index contributed by atoms with van der Waals surface area (Å²) in [6, 6.07) is 6.20. The first-order valence-electron chi connectivity index (χ1n) is 5.58. The first kappa shape index (κ1) is 13.3. The topological polar surface area (TPSA) is 78.8 Å². The summed E-state index contributed by atoms with van der Waals surface area (Å²) < 4.78 is 5.50. The Labute approximate surface area is 109 Å². The number of nitrogens with one attached hydrogen (secondary N) is 1. The number of aliphatic carboxylic acids is 1. The zero-order valence-electron chi connectivity index (χ0n) is 9.54. The number of halogens is 1. The van der Waals surface area contributed by atoms with Gasteiger partial charge in [-0.1, -0.05) is 23.7 Å². The summed E-state index contributed by atoms with van der Waals surface area (Å²) >= 11 is 5.76. The van der Waals surface area contributed by atoms with Gasteiger partial charge in [-0.2, -0.15) is 0 Å². The van der Waals surface area contributed by atoms with E-state index >= 15 is 0 Å². The lowest BCUT2D eigenvalue weighted by molar-refractivity contribution is -0.142. The highest BCUT2D eigenvalue weighted by Crippen LogP contribution is 2.15. The number of ether oxygens (including phenoxy) is 1. The summed E-state index contributed by atoms with van der Waals surface area (Å²) in [5, 5.41) is 21.9. The van der Waals surface area contributed by atoms with Crippen molar-refractivity contribution in [3.8, 4) is 0 Å². The predicted octanol–water partition coefficient (Wildman–Crippen LogP) is 0.642. The number of benzene rings is 1. The second-order valence-electron chi connectivity index (χ2n) is 4.19. The Kier molecular flexibility index (Phi) is 4.19. The minimum atomic E-state index is -1.07. The molecule has 1 aliphatic heterocycles. The molecular formula is C12H14ClNO4. The van der Waals surface area contributed by atoms with Gasteiger partial charge in [0.1, 0.15) is 12.1 Å². The third kappa shape index (κ3) is 3.00. The highest BCUT2D eigenvalue weighted by Gasteiger charge is 2.39. The van der Waals surface area contributed by atoms with E-state index in [0.717, 1.165) is 5.56 Å². The third-order valence-electron chi connectivity index (χ3n) is 2.90. The van der Waals surface area contributed by atoms with Gasteiger partial charge in [-0.25, -0.2) is 0 Å². The van der Waals surface area contributed by atoms with Crippen molar-refractivity contribution in [3.05, 3.63) is 34.9 Å². The first-order valence-corrected chi connectivity index (χ1v) is 5.96. The Hall–Kier alpha value is -1.14. The van der Waals surface area contributed by atoms with E-state index < -0.39 is 24.2 Å². The van der Waals surface area contributed by atoms with Gasteiger partial charge in [0.2, 0.25) is 0 Å². The van der Waals surface area contributed by atoms with E-state index in [2.05, 4.69) is 5.32 Å². The van der Waals surface area contributed by atoms with Gasteiger partial charge in [0.15, 0.2) is 0 Å². The van der Waals surface area contributed by atoms with E-state index in [1.807, 2.05) is 12.1 Å². The van der Waals surface area contributed by atoms with E-state index in [1.165, 1.54) is 0 Å². The quantitative estimate of drug-likeness (QED) is 0.749. The van der Waals surface area contributed by atoms with Gasteiger partial charge >= 0.3 is 5.97 Å². The molecule has 0 radical (unpaired) electrons. The lowest BCUT2D eigenvalue weighted by Gasteiger charge is -2.16. The Bertz CT molecular complexity index is 423. The molecule has 1 fully saturated rings. The van der Waals surface area contributed by atoms with Gasteiger partial charge in [-0.3, -0.25) is 10.1 Å². The number of hydrogen-bond acceptors (Lipinski definition) is 4. The molecule has 0 amide bonds. The van der Waals surface area contributed by atoms with Crippen molar-refractivity contribution in [2.45, 2.75) is 24.9 Å². The maximum absolute atomic E-state index is 10.8. The van der Waals surface area contributed by atoms with E-state index in [0.29, 0.717) is 18.2 Å². The molecule has 1 aromatic rings. The van der Waals surface area contributed by atoms with Crippen LogP contribution in [0.2, 0.25) is 5.02 Å². The van der Waals surface area contributed by atoms with Crippen LogP contribution in [-0.4, -0.2) is 41.0 Å². The summed E-state index contributed by atoms with van der Waals surface area (Å²) in [4.78, 5) is 10.8. The molecule has 98 valence electrons. The van der Waals surface area contributed by atoms with Crippen molar-refractivity contribution >= 4 is 17.6 Å². The van der Waals surface area contributed by atoms with Crippen LogP contribution in [0.3, 0.4) is 0 Å². The molecular weight excluding hydrogens is 258 g/mol. The van der Waals surface area contributed by atoms with Crippen LogP contribution in [0.4, 0.5) is 0 Å². The molecule has 6 heteroatoms. The lowest BCUT2D eigenvalue weighted by Crippen LogP contribution is -2.40. The first-order chi connectivity index (χ1) is 8.58. The Balaban J connectivity index is 1.88. The molecule has 3 N–H and O–H groups in total. The molecule has 1 aliphatic rings. The van der Waals surface area contributed by atoms with E-state index in [-0.39, 0.29) is 0 Å². The van der Waals surface area contributed by atoms with Crippen molar-refractivity contribution in [2.24, 2.45) is 0 Å². The van der Waals surface area contributed by atoms with Crippen molar-refractivity contribution in [2.75, 3.05) is 6.54 Å². The molecule has 0 aromatic heterocycles. The molecule has 0 aliphatic carbocycles. The molecule has 2 rings (SSSR count). The van der Waals surface area contributed by atoms with Crippen molar-refractivity contribution < 1.29 is 19.7 Å². The molecule has 1 aromatic carbocycles. The van der Waals surface area contributed by atoms with Gasteiger partial charge in [-0.05, 0) is 17.7 Å².